The molecule has 150 valence electrons. The lowest BCUT2D eigenvalue weighted by molar-refractivity contribution is 0.175. The minimum absolute atomic E-state index is 0.224. The van der Waals surface area contributed by atoms with Crippen molar-refractivity contribution in [3.63, 3.8) is 0 Å². The van der Waals surface area contributed by atoms with Gasteiger partial charge in [0.2, 0.25) is 0 Å². The normalized spacial score (nSPS) is 15.1. The fourth-order valence-electron chi connectivity index (χ4n) is 3.58. The molecule has 0 aromatic heterocycles. The highest BCUT2D eigenvalue weighted by Gasteiger charge is 2.20. The average Bonchev–Trinajstić information content (AvgIpc) is 2.74. The van der Waals surface area contributed by atoms with E-state index < -0.39 is 0 Å². The third kappa shape index (κ3) is 5.39. The number of piperidine rings is 1. The SMILES string of the molecule is COc1cccc(NC(=O)NCC2CCN(Cc3ccccc3)CC2)c1OC. The van der Waals surface area contributed by atoms with Crippen molar-refractivity contribution in [2.75, 3.05) is 39.2 Å². The highest BCUT2D eigenvalue weighted by Crippen LogP contribution is 2.34. The Labute approximate surface area is 166 Å². The van der Waals surface area contributed by atoms with Gasteiger partial charge in [0, 0.05) is 13.1 Å². The largest absolute Gasteiger partial charge is 0.493 e. The van der Waals surface area contributed by atoms with E-state index in [1.54, 1.807) is 26.4 Å². The molecule has 2 aromatic carbocycles. The number of nitrogens with zero attached hydrogens (tertiary/aromatic N) is 1. The van der Waals surface area contributed by atoms with Gasteiger partial charge in [-0.2, -0.15) is 0 Å². The molecule has 0 spiro atoms. The Bertz CT molecular complexity index is 759. The molecule has 2 amide bonds. The number of carbonyl (C=O) groups excluding carboxylic acids is 1. The van der Waals surface area contributed by atoms with Gasteiger partial charge < -0.3 is 20.1 Å². The molecule has 1 fully saturated rings. The lowest BCUT2D eigenvalue weighted by Gasteiger charge is -2.32. The summed E-state index contributed by atoms with van der Waals surface area (Å²) in [7, 11) is 3.13. The Hall–Kier alpha value is -2.73. The minimum Gasteiger partial charge on any atom is -0.493 e. The third-order valence-electron chi connectivity index (χ3n) is 5.16. The second-order valence-electron chi connectivity index (χ2n) is 7.08. The number of hydrogen-bond acceptors (Lipinski definition) is 4. The highest BCUT2D eigenvalue weighted by atomic mass is 16.5. The van der Waals surface area contributed by atoms with Crippen LogP contribution in [0.5, 0.6) is 11.5 Å². The van der Waals surface area contributed by atoms with Gasteiger partial charge in [-0.1, -0.05) is 36.4 Å². The van der Waals surface area contributed by atoms with Gasteiger partial charge in [-0.15, -0.1) is 0 Å². The lowest BCUT2D eigenvalue weighted by Crippen LogP contribution is -2.39. The summed E-state index contributed by atoms with van der Waals surface area (Å²) in [4.78, 5) is 14.8. The first-order valence-corrected chi connectivity index (χ1v) is 9.71. The quantitative estimate of drug-likeness (QED) is 0.765. The maximum Gasteiger partial charge on any atom is 0.319 e. The van der Waals surface area contributed by atoms with Gasteiger partial charge in [0.25, 0.3) is 0 Å². The zero-order valence-electron chi connectivity index (χ0n) is 16.6. The van der Waals surface area contributed by atoms with Gasteiger partial charge in [-0.25, -0.2) is 4.79 Å². The van der Waals surface area contributed by atoms with Crippen LogP contribution in [0.2, 0.25) is 0 Å². The number of para-hydroxylation sites is 1. The van der Waals surface area contributed by atoms with E-state index in [0.29, 0.717) is 29.6 Å². The van der Waals surface area contributed by atoms with Crippen LogP contribution in [0.15, 0.2) is 48.5 Å². The second kappa shape index (κ2) is 9.99. The lowest BCUT2D eigenvalue weighted by atomic mass is 9.96. The summed E-state index contributed by atoms with van der Waals surface area (Å²) in [5.41, 5.74) is 1.95. The van der Waals surface area contributed by atoms with E-state index in [1.165, 1.54) is 5.56 Å². The number of hydrogen-bond donors (Lipinski definition) is 2. The van der Waals surface area contributed by atoms with Gasteiger partial charge in [0.15, 0.2) is 11.5 Å². The monoisotopic (exact) mass is 383 g/mol. The van der Waals surface area contributed by atoms with Crippen LogP contribution in [0.1, 0.15) is 18.4 Å². The molecule has 1 heterocycles. The molecular weight excluding hydrogens is 354 g/mol. The van der Waals surface area contributed by atoms with Gasteiger partial charge in [0.05, 0.1) is 19.9 Å². The summed E-state index contributed by atoms with van der Waals surface area (Å²) >= 11 is 0. The predicted octanol–water partition coefficient (Wildman–Crippen LogP) is 3.74. The first-order chi connectivity index (χ1) is 13.7. The summed E-state index contributed by atoms with van der Waals surface area (Å²) in [6, 6.07) is 15.7. The number of nitrogens with one attached hydrogen (secondary N) is 2. The molecule has 1 saturated heterocycles. The summed E-state index contributed by atoms with van der Waals surface area (Å²) in [6.07, 6.45) is 2.19. The van der Waals surface area contributed by atoms with Crippen molar-refractivity contribution in [2.45, 2.75) is 19.4 Å². The molecule has 28 heavy (non-hydrogen) atoms. The molecule has 2 aromatic rings. The number of carbonyl (C=O) groups is 1. The third-order valence-corrected chi connectivity index (χ3v) is 5.16. The molecule has 0 radical (unpaired) electrons. The first-order valence-electron chi connectivity index (χ1n) is 9.71. The highest BCUT2D eigenvalue weighted by molar-refractivity contribution is 5.91. The van der Waals surface area contributed by atoms with Gasteiger partial charge in [-0.05, 0) is 49.5 Å². The van der Waals surface area contributed by atoms with Crippen molar-refractivity contribution in [3.05, 3.63) is 54.1 Å². The predicted molar refractivity (Wildman–Crippen MR) is 111 cm³/mol. The molecule has 0 unspecified atom stereocenters. The average molecular weight is 383 g/mol. The van der Waals surface area contributed by atoms with Crippen molar-refractivity contribution in [3.8, 4) is 11.5 Å². The van der Waals surface area contributed by atoms with E-state index in [-0.39, 0.29) is 6.03 Å². The Morgan fingerprint density at radius 2 is 1.79 bits per heavy atom. The van der Waals surface area contributed by atoms with Crippen LogP contribution in [0.3, 0.4) is 0 Å². The molecule has 0 bridgehead atoms. The number of anilines is 1. The Balaban J connectivity index is 1.42. The Kier molecular flexibility index (Phi) is 7.14. The number of ether oxygens (including phenoxy) is 2. The van der Waals surface area contributed by atoms with Crippen LogP contribution < -0.4 is 20.1 Å². The summed E-state index contributed by atoms with van der Waals surface area (Å²) < 4.78 is 10.6. The molecule has 0 saturated carbocycles. The molecule has 1 aliphatic heterocycles. The Morgan fingerprint density at radius 3 is 2.46 bits per heavy atom. The van der Waals surface area contributed by atoms with Crippen molar-refractivity contribution >= 4 is 11.7 Å². The molecule has 0 atom stereocenters. The second-order valence-corrected chi connectivity index (χ2v) is 7.08. The van der Waals surface area contributed by atoms with Crippen LogP contribution in [-0.4, -0.2) is 44.8 Å². The molecule has 6 nitrogen and oxygen atoms in total. The number of likely N-dealkylation sites (tertiary alicyclic amines) is 1. The zero-order valence-corrected chi connectivity index (χ0v) is 16.6. The summed E-state index contributed by atoms with van der Waals surface area (Å²) in [6.45, 7) is 3.80. The number of urea groups is 1. The van der Waals surface area contributed by atoms with E-state index in [1.807, 2.05) is 12.1 Å². The topological polar surface area (TPSA) is 62.8 Å². The molecule has 3 rings (SSSR count). The minimum atomic E-state index is -0.224. The summed E-state index contributed by atoms with van der Waals surface area (Å²) in [5.74, 6) is 1.62. The fraction of sp³-hybridized carbons (Fsp3) is 0.409. The van der Waals surface area contributed by atoms with Crippen LogP contribution >= 0.6 is 0 Å². The molecular formula is C22H29N3O3. The molecule has 6 heteroatoms. The van der Waals surface area contributed by atoms with Crippen LogP contribution in [0.25, 0.3) is 0 Å². The van der Waals surface area contributed by atoms with E-state index in [9.17, 15) is 4.79 Å². The molecule has 2 N–H and O–H groups in total. The van der Waals surface area contributed by atoms with Crippen molar-refractivity contribution in [1.29, 1.82) is 0 Å². The van der Waals surface area contributed by atoms with Crippen LogP contribution in [-0.2, 0) is 6.54 Å². The maximum atomic E-state index is 12.3. The summed E-state index contributed by atoms with van der Waals surface area (Å²) in [5, 5.41) is 5.84. The van der Waals surface area contributed by atoms with Crippen molar-refractivity contribution in [1.82, 2.24) is 10.2 Å². The first kappa shape index (κ1) is 20.0. The van der Waals surface area contributed by atoms with E-state index in [4.69, 9.17) is 9.47 Å². The van der Waals surface area contributed by atoms with Crippen molar-refractivity contribution in [2.24, 2.45) is 5.92 Å². The number of amides is 2. The van der Waals surface area contributed by atoms with E-state index in [2.05, 4.69) is 39.8 Å². The number of methoxy groups -OCH3 is 2. The van der Waals surface area contributed by atoms with E-state index in [0.717, 1.165) is 32.5 Å². The number of benzene rings is 2. The Morgan fingerprint density at radius 1 is 1.04 bits per heavy atom. The smallest absolute Gasteiger partial charge is 0.319 e. The zero-order chi connectivity index (χ0) is 19.8. The maximum absolute atomic E-state index is 12.3. The van der Waals surface area contributed by atoms with Gasteiger partial charge >= 0.3 is 6.03 Å². The van der Waals surface area contributed by atoms with Crippen molar-refractivity contribution < 1.29 is 14.3 Å². The van der Waals surface area contributed by atoms with Crippen LogP contribution in [0.4, 0.5) is 10.5 Å². The molecule has 0 aliphatic carbocycles. The van der Waals surface area contributed by atoms with Gasteiger partial charge in [-0.3, -0.25) is 4.90 Å². The standard InChI is InChI=1S/C22H29N3O3/c1-27-20-10-6-9-19(21(20)28-2)24-22(26)23-15-17-11-13-25(14-12-17)16-18-7-4-3-5-8-18/h3-10,17H,11-16H2,1-2H3,(H2,23,24,26). The van der Waals surface area contributed by atoms with Crippen LogP contribution in [0, 0.1) is 5.92 Å². The fourth-order valence-corrected chi connectivity index (χ4v) is 3.58. The van der Waals surface area contributed by atoms with Gasteiger partial charge in [0.1, 0.15) is 0 Å². The van der Waals surface area contributed by atoms with E-state index >= 15 is 0 Å². The number of rotatable bonds is 7. The molecule has 1 aliphatic rings.